The minimum absolute atomic E-state index is 0.487. The molecule has 0 aliphatic carbocycles. The molecule has 0 atom stereocenters. The Labute approximate surface area is 154 Å². The van der Waals surface area contributed by atoms with Gasteiger partial charge in [-0.2, -0.15) is 4.68 Å². The van der Waals surface area contributed by atoms with E-state index in [2.05, 4.69) is 45.8 Å². The number of tetrazole rings is 1. The van der Waals surface area contributed by atoms with E-state index in [1.807, 2.05) is 66.0 Å². The first-order chi connectivity index (χ1) is 11.7. The molecule has 8 heteroatoms. The van der Waals surface area contributed by atoms with Gasteiger partial charge in [0.25, 0.3) is 0 Å². The Balaban J connectivity index is 0.000000141. The highest BCUT2D eigenvalue weighted by Gasteiger charge is 2.01. The molecule has 0 unspecified atom stereocenters. The zero-order valence-electron chi connectivity index (χ0n) is 12.4. The predicted octanol–water partition coefficient (Wildman–Crippen LogP) is 4.05. The number of hydrogen-bond donors (Lipinski definition) is 2. The molecule has 0 N–H and O–H groups in total. The SMILES string of the molecule is Sc1nc(-c2ccccc2)cs1.Sc1nnnn1-c1ccccc1. The Bertz CT molecular complexity index is 890. The van der Waals surface area contributed by atoms with Gasteiger partial charge in [-0.15, -0.1) is 41.7 Å². The van der Waals surface area contributed by atoms with Crippen molar-refractivity contribution in [2.24, 2.45) is 0 Å². The average Bonchev–Trinajstić information content (AvgIpc) is 3.25. The summed E-state index contributed by atoms with van der Waals surface area (Å²) in [6.45, 7) is 0. The van der Waals surface area contributed by atoms with E-state index in [-0.39, 0.29) is 0 Å². The molecule has 0 radical (unpaired) electrons. The fraction of sp³-hybridized carbons (Fsp3) is 0. The van der Waals surface area contributed by atoms with E-state index in [9.17, 15) is 0 Å². The Morgan fingerprint density at radius 1 is 0.875 bits per heavy atom. The van der Waals surface area contributed by atoms with Crippen LogP contribution < -0.4 is 0 Å². The van der Waals surface area contributed by atoms with E-state index < -0.39 is 0 Å². The van der Waals surface area contributed by atoms with Crippen LogP contribution in [0.15, 0.2) is 75.5 Å². The molecule has 5 nitrogen and oxygen atoms in total. The summed E-state index contributed by atoms with van der Waals surface area (Å²) in [5, 5.41) is 13.4. The molecule has 4 rings (SSSR count). The Kier molecular flexibility index (Phi) is 5.63. The summed E-state index contributed by atoms with van der Waals surface area (Å²) < 4.78 is 2.37. The first kappa shape index (κ1) is 16.7. The third-order valence-electron chi connectivity index (χ3n) is 3.02. The molecule has 2 aromatic heterocycles. The van der Waals surface area contributed by atoms with Gasteiger partial charge in [-0.1, -0.05) is 48.5 Å². The summed E-state index contributed by atoms with van der Waals surface area (Å²) >= 11 is 9.80. The maximum absolute atomic E-state index is 4.26. The molecular formula is C16H13N5S3. The van der Waals surface area contributed by atoms with Crippen molar-refractivity contribution in [2.75, 3.05) is 0 Å². The zero-order valence-corrected chi connectivity index (χ0v) is 15.0. The molecule has 120 valence electrons. The summed E-state index contributed by atoms with van der Waals surface area (Å²) in [5.41, 5.74) is 3.06. The number of aromatic nitrogens is 5. The quantitative estimate of drug-likeness (QED) is 0.522. The number of nitrogens with zero attached hydrogens (tertiary/aromatic N) is 5. The monoisotopic (exact) mass is 371 g/mol. The smallest absolute Gasteiger partial charge is 0.211 e. The van der Waals surface area contributed by atoms with E-state index in [0.29, 0.717) is 5.16 Å². The first-order valence-electron chi connectivity index (χ1n) is 6.97. The van der Waals surface area contributed by atoms with Crippen LogP contribution >= 0.6 is 36.6 Å². The van der Waals surface area contributed by atoms with E-state index in [0.717, 1.165) is 21.3 Å². The van der Waals surface area contributed by atoms with Crippen LogP contribution in [0.25, 0.3) is 16.9 Å². The molecule has 4 aromatic rings. The van der Waals surface area contributed by atoms with Crippen molar-refractivity contribution in [3.63, 3.8) is 0 Å². The van der Waals surface area contributed by atoms with Gasteiger partial charge in [-0.05, 0) is 22.6 Å². The van der Waals surface area contributed by atoms with Crippen molar-refractivity contribution in [3.8, 4) is 16.9 Å². The normalized spacial score (nSPS) is 10.1. The van der Waals surface area contributed by atoms with Crippen LogP contribution in [0.2, 0.25) is 0 Å². The average molecular weight is 372 g/mol. The fourth-order valence-electron chi connectivity index (χ4n) is 1.92. The molecular weight excluding hydrogens is 358 g/mol. The van der Waals surface area contributed by atoms with Gasteiger partial charge in [0.05, 0.1) is 11.4 Å². The van der Waals surface area contributed by atoms with Gasteiger partial charge >= 0.3 is 0 Å². The molecule has 0 saturated carbocycles. The van der Waals surface area contributed by atoms with Crippen LogP contribution in [0.5, 0.6) is 0 Å². The topological polar surface area (TPSA) is 56.5 Å². The van der Waals surface area contributed by atoms with E-state index in [4.69, 9.17) is 0 Å². The van der Waals surface area contributed by atoms with Gasteiger partial charge in [0.2, 0.25) is 5.16 Å². The minimum Gasteiger partial charge on any atom is -0.230 e. The second-order valence-electron chi connectivity index (χ2n) is 4.61. The Morgan fingerprint density at radius 3 is 2.08 bits per heavy atom. The van der Waals surface area contributed by atoms with Gasteiger partial charge in [-0.3, -0.25) is 0 Å². The van der Waals surface area contributed by atoms with Gasteiger partial charge < -0.3 is 0 Å². The zero-order chi connectivity index (χ0) is 16.8. The molecule has 0 fully saturated rings. The summed E-state index contributed by atoms with van der Waals surface area (Å²) in [5.74, 6) is 0. The lowest BCUT2D eigenvalue weighted by Gasteiger charge is -1.98. The lowest BCUT2D eigenvalue weighted by Crippen LogP contribution is -1.96. The first-order valence-corrected chi connectivity index (χ1v) is 8.74. The highest BCUT2D eigenvalue weighted by Crippen LogP contribution is 2.22. The minimum atomic E-state index is 0.487. The summed E-state index contributed by atoms with van der Waals surface area (Å²) in [7, 11) is 0. The van der Waals surface area contributed by atoms with Crippen LogP contribution in [0.3, 0.4) is 0 Å². The molecule has 0 bridgehead atoms. The highest BCUT2D eigenvalue weighted by atomic mass is 32.2. The Hall–Kier alpha value is -2.16. The molecule has 24 heavy (non-hydrogen) atoms. The summed E-state index contributed by atoms with van der Waals surface area (Å²) in [4.78, 5) is 4.26. The van der Waals surface area contributed by atoms with Gasteiger partial charge in [0.1, 0.15) is 4.34 Å². The largest absolute Gasteiger partial charge is 0.230 e. The Morgan fingerprint density at radius 2 is 1.54 bits per heavy atom. The summed E-state index contributed by atoms with van der Waals surface area (Å²) in [6.07, 6.45) is 0. The third kappa shape index (κ3) is 4.22. The number of rotatable bonds is 2. The lowest BCUT2D eigenvalue weighted by atomic mass is 10.2. The van der Waals surface area contributed by atoms with E-state index in [1.54, 1.807) is 16.0 Å². The van der Waals surface area contributed by atoms with Gasteiger partial charge in [-0.25, -0.2) is 4.98 Å². The summed E-state index contributed by atoms with van der Waals surface area (Å²) in [6, 6.07) is 19.7. The maximum atomic E-state index is 4.26. The molecule has 2 heterocycles. The van der Waals surface area contributed by atoms with Crippen molar-refractivity contribution in [1.29, 1.82) is 0 Å². The van der Waals surface area contributed by atoms with Crippen molar-refractivity contribution in [3.05, 3.63) is 66.0 Å². The maximum Gasteiger partial charge on any atom is 0.211 e. The van der Waals surface area contributed by atoms with E-state index >= 15 is 0 Å². The number of thiol groups is 2. The lowest BCUT2D eigenvalue weighted by molar-refractivity contribution is 0.758. The van der Waals surface area contributed by atoms with E-state index in [1.165, 1.54) is 0 Å². The van der Waals surface area contributed by atoms with Crippen molar-refractivity contribution in [1.82, 2.24) is 25.2 Å². The molecule has 0 aliphatic rings. The van der Waals surface area contributed by atoms with Crippen LogP contribution in [-0.2, 0) is 0 Å². The predicted molar refractivity (Wildman–Crippen MR) is 101 cm³/mol. The fourth-order valence-corrected chi connectivity index (χ4v) is 2.94. The second kappa shape index (κ2) is 8.09. The van der Waals surface area contributed by atoms with Crippen molar-refractivity contribution in [2.45, 2.75) is 9.50 Å². The van der Waals surface area contributed by atoms with Crippen molar-refractivity contribution < 1.29 is 0 Å². The van der Waals surface area contributed by atoms with Crippen LogP contribution in [0.4, 0.5) is 0 Å². The van der Waals surface area contributed by atoms with Crippen molar-refractivity contribution >= 4 is 36.6 Å². The molecule has 0 amide bonds. The van der Waals surface area contributed by atoms with Crippen LogP contribution in [0.1, 0.15) is 0 Å². The van der Waals surface area contributed by atoms with Gasteiger partial charge in [0.15, 0.2) is 0 Å². The molecule has 0 spiro atoms. The highest BCUT2D eigenvalue weighted by molar-refractivity contribution is 7.82. The van der Waals surface area contributed by atoms with Crippen LogP contribution in [0, 0.1) is 0 Å². The van der Waals surface area contributed by atoms with Gasteiger partial charge in [0, 0.05) is 10.9 Å². The number of hydrogen-bond acceptors (Lipinski definition) is 7. The number of benzene rings is 2. The number of para-hydroxylation sites is 1. The number of thiazole rings is 1. The molecule has 0 saturated heterocycles. The van der Waals surface area contributed by atoms with Crippen LogP contribution in [-0.4, -0.2) is 25.2 Å². The molecule has 0 aliphatic heterocycles. The standard InChI is InChI=1S/C9H7NS2.C7H6N4S/c11-9-10-8(6-12-9)7-4-2-1-3-5-7;12-7-8-9-10-11(7)6-4-2-1-3-5-6/h1-6H,(H,10,11);1-5H,(H,8,10,12). The molecule has 2 aromatic carbocycles. The second-order valence-corrected chi connectivity index (χ2v) is 6.59. The third-order valence-corrected chi connectivity index (χ3v) is 4.35.